The highest BCUT2D eigenvalue weighted by atomic mass is 19.4. The zero-order valence-corrected chi connectivity index (χ0v) is 11.6. The molecule has 0 saturated carbocycles. The number of rotatable bonds is 6. The second-order valence-corrected chi connectivity index (χ2v) is 4.34. The van der Waals surface area contributed by atoms with E-state index < -0.39 is 42.1 Å². The smallest absolute Gasteiger partial charge is 0.471 e. The Bertz CT molecular complexity index is 629. The Morgan fingerprint density at radius 1 is 1.30 bits per heavy atom. The van der Waals surface area contributed by atoms with Gasteiger partial charge in [0.15, 0.2) is 17.3 Å². The van der Waals surface area contributed by atoms with Gasteiger partial charge in [-0.15, -0.1) is 0 Å². The summed E-state index contributed by atoms with van der Waals surface area (Å²) in [6, 6.07) is 0.884. The molecule has 23 heavy (non-hydrogen) atoms. The second-order valence-electron chi connectivity index (χ2n) is 4.34. The van der Waals surface area contributed by atoms with Crippen LogP contribution in [0.1, 0.15) is 16.8 Å². The van der Waals surface area contributed by atoms with Crippen molar-refractivity contribution in [3.05, 3.63) is 29.6 Å². The SMILES string of the molecule is COc1ccc(C(=O)C[C@H](NC(=O)C(F)(F)F)C(=O)O)cc1F. The van der Waals surface area contributed by atoms with Gasteiger partial charge >= 0.3 is 18.1 Å². The van der Waals surface area contributed by atoms with Crippen molar-refractivity contribution in [2.75, 3.05) is 7.11 Å². The minimum absolute atomic E-state index is 0.165. The van der Waals surface area contributed by atoms with E-state index >= 15 is 0 Å². The van der Waals surface area contributed by atoms with Crippen LogP contribution in [0.3, 0.4) is 0 Å². The first-order chi connectivity index (χ1) is 10.6. The van der Waals surface area contributed by atoms with Gasteiger partial charge in [0, 0.05) is 12.0 Å². The van der Waals surface area contributed by atoms with Crippen molar-refractivity contribution in [1.82, 2.24) is 5.32 Å². The highest BCUT2D eigenvalue weighted by molar-refractivity contribution is 5.99. The van der Waals surface area contributed by atoms with Crippen LogP contribution in [-0.4, -0.2) is 42.1 Å². The van der Waals surface area contributed by atoms with Gasteiger partial charge in [0.1, 0.15) is 6.04 Å². The summed E-state index contributed by atoms with van der Waals surface area (Å²) in [5.41, 5.74) is -0.268. The fourth-order valence-electron chi connectivity index (χ4n) is 1.58. The lowest BCUT2D eigenvalue weighted by molar-refractivity contribution is -0.175. The first-order valence-corrected chi connectivity index (χ1v) is 6.03. The zero-order chi connectivity index (χ0) is 17.8. The number of carbonyl (C=O) groups excluding carboxylic acids is 2. The molecule has 0 unspecified atom stereocenters. The monoisotopic (exact) mass is 337 g/mol. The number of ether oxygens (including phenoxy) is 1. The quantitative estimate of drug-likeness (QED) is 0.607. The Hall–Kier alpha value is -2.65. The predicted molar refractivity (Wildman–Crippen MR) is 67.5 cm³/mol. The Morgan fingerprint density at radius 3 is 2.35 bits per heavy atom. The van der Waals surface area contributed by atoms with Gasteiger partial charge in [-0.25, -0.2) is 9.18 Å². The number of hydrogen-bond donors (Lipinski definition) is 2. The molecule has 0 aliphatic rings. The molecule has 1 atom stereocenters. The first kappa shape index (κ1) is 18.4. The van der Waals surface area contributed by atoms with E-state index in [1.165, 1.54) is 12.4 Å². The summed E-state index contributed by atoms with van der Waals surface area (Å²) in [5.74, 6) is -6.34. The number of ketones is 1. The Morgan fingerprint density at radius 2 is 1.91 bits per heavy atom. The number of alkyl halides is 3. The normalized spacial score (nSPS) is 12.4. The van der Waals surface area contributed by atoms with Crippen LogP contribution >= 0.6 is 0 Å². The molecule has 0 aliphatic heterocycles. The molecule has 10 heteroatoms. The van der Waals surface area contributed by atoms with Gasteiger partial charge in [-0.2, -0.15) is 13.2 Å². The molecule has 0 spiro atoms. The largest absolute Gasteiger partial charge is 0.494 e. The molecule has 0 heterocycles. The number of nitrogens with one attached hydrogen (secondary N) is 1. The van der Waals surface area contributed by atoms with Crippen LogP contribution in [0.15, 0.2) is 18.2 Å². The Labute approximate surface area is 127 Å². The van der Waals surface area contributed by atoms with E-state index in [9.17, 15) is 31.9 Å². The van der Waals surface area contributed by atoms with Gasteiger partial charge in [-0.3, -0.25) is 9.59 Å². The summed E-state index contributed by atoms with van der Waals surface area (Å²) in [6.45, 7) is 0. The lowest BCUT2D eigenvalue weighted by Gasteiger charge is -2.15. The van der Waals surface area contributed by atoms with E-state index in [2.05, 4.69) is 4.74 Å². The van der Waals surface area contributed by atoms with Gasteiger partial charge in [0.2, 0.25) is 0 Å². The van der Waals surface area contributed by atoms with Gasteiger partial charge in [0.25, 0.3) is 0 Å². The molecule has 1 aromatic rings. The molecular weight excluding hydrogens is 326 g/mol. The summed E-state index contributed by atoms with van der Waals surface area (Å²) in [5, 5.41) is 9.98. The van der Waals surface area contributed by atoms with Crippen molar-refractivity contribution in [1.29, 1.82) is 0 Å². The maximum Gasteiger partial charge on any atom is 0.471 e. The summed E-state index contributed by atoms with van der Waals surface area (Å²) < 4.78 is 54.4. The third-order valence-corrected chi connectivity index (χ3v) is 2.72. The van der Waals surface area contributed by atoms with E-state index in [0.717, 1.165) is 18.2 Å². The molecule has 2 N–H and O–H groups in total. The predicted octanol–water partition coefficient (Wildman–Crippen LogP) is 1.54. The molecule has 1 aromatic carbocycles. The summed E-state index contributed by atoms with van der Waals surface area (Å²) in [4.78, 5) is 33.5. The number of hydrogen-bond acceptors (Lipinski definition) is 4. The highest BCUT2D eigenvalue weighted by Gasteiger charge is 2.41. The standard InChI is InChI=1S/C13H11F4NO5/c1-23-10-3-2-6(4-7(10)14)9(19)5-8(11(20)21)18-12(22)13(15,16)17/h2-4,8H,5H2,1H3,(H,18,22)(H,20,21)/t8-/m0/s1. The van der Waals surface area contributed by atoms with Gasteiger partial charge in [-0.1, -0.05) is 0 Å². The third-order valence-electron chi connectivity index (χ3n) is 2.72. The minimum atomic E-state index is -5.29. The number of carboxylic acids is 1. The van der Waals surface area contributed by atoms with Gasteiger partial charge in [0.05, 0.1) is 7.11 Å². The number of Topliss-reactive ketones (excluding diaryl/α,β-unsaturated/α-hetero) is 1. The van der Waals surface area contributed by atoms with Crippen molar-refractivity contribution in [2.24, 2.45) is 0 Å². The molecule has 0 saturated heterocycles. The summed E-state index contributed by atoms with van der Waals surface area (Å²) in [6.07, 6.45) is -6.26. The maximum atomic E-state index is 13.5. The van der Waals surface area contributed by atoms with Crippen LogP contribution in [0, 0.1) is 5.82 Å². The molecule has 1 rings (SSSR count). The van der Waals surface area contributed by atoms with Crippen LogP contribution in [-0.2, 0) is 9.59 Å². The van der Waals surface area contributed by atoms with E-state index in [0.29, 0.717) is 0 Å². The second kappa shape index (κ2) is 7.07. The van der Waals surface area contributed by atoms with Crippen molar-refractivity contribution >= 4 is 17.7 Å². The third kappa shape index (κ3) is 4.94. The van der Waals surface area contributed by atoms with E-state index in [-0.39, 0.29) is 11.3 Å². The molecule has 0 aliphatic carbocycles. The first-order valence-electron chi connectivity index (χ1n) is 6.03. The fraction of sp³-hybridized carbons (Fsp3) is 0.308. The van der Waals surface area contributed by atoms with E-state index in [4.69, 9.17) is 5.11 Å². The van der Waals surface area contributed by atoms with Crippen LogP contribution in [0.5, 0.6) is 5.75 Å². The molecule has 1 amide bonds. The number of methoxy groups -OCH3 is 1. The fourth-order valence-corrected chi connectivity index (χ4v) is 1.58. The van der Waals surface area contributed by atoms with E-state index in [1.54, 1.807) is 0 Å². The topological polar surface area (TPSA) is 92.7 Å². The van der Waals surface area contributed by atoms with Crippen LogP contribution in [0.25, 0.3) is 0 Å². The highest BCUT2D eigenvalue weighted by Crippen LogP contribution is 2.19. The maximum absolute atomic E-state index is 13.5. The number of amides is 1. The lowest BCUT2D eigenvalue weighted by atomic mass is 10.0. The van der Waals surface area contributed by atoms with Gasteiger partial charge in [-0.05, 0) is 18.2 Å². The number of aliphatic carboxylic acids is 1. The van der Waals surface area contributed by atoms with Crippen molar-refractivity contribution in [3.8, 4) is 5.75 Å². The summed E-state index contributed by atoms with van der Waals surface area (Å²) >= 11 is 0. The molecular formula is C13H11F4NO5. The molecule has 126 valence electrons. The molecule has 0 bridgehead atoms. The van der Waals surface area contributed by atoms with Crippen molar-refractivity contribution < 1.29 is 41.8 Å². The van der Waals surface area contributed by atoms with Crippen molar-refractivity contribution in [3.63, 3.8) is 0 Å². The average Bonchev–Trinajstić information content (AvgIpc) is 2.44. The average molecular weight is 337 g/mol. The van der Waals surface area contributed by atoms with Gasteiger partial charge < -0.3 is 15.2 Å². The minimum Gasteiger partial charge on any atom is -0.494 e. The molecule has 0 aromatic heterocycles. The summed E-state index contributed by atoms with van der Waals surface area (Å²) in [7, 11) is 1.19. The van der Waals surface area contributed by atoms with Crippen molar-refractivity contribution in [2.45, 2.75) is 18.6 Å². The zero-order valence-electron chi connectivity index (χ0n) is 11.6. The Balaban J connectivity index is 2.88. The number of carbonyl (C=O) groups is 3. The van der Waals surface area contributed by atoms with Crippen LogP contribution < -0.4 is 10.1 Å². The Kier molecular flexibility index (Phi) is 5.66. The van der Waals surface area contributed by atoms with Crippen LogP contribution in [0.4, 0.5) is 17.6 Å². The molecule has 6 nitrogen and oxygen atoms in total. The number of halogens is 4. The van der Waals surface area contributed by atoms with E-state index in [1.807, 2.05) is 0 Å². The lowest BCUT2D eigenvalue weighted by Crippen LogP contribution is -2.47. The molecule has 0 fully saturated rings. The number of benzene rings is 1. The molecule has 0 radical (unpaired) electrons. The van der Waals surface area contributed by atoms with Crippen LogP contribution in [0.2, 0.25) is 0 Å². The number of carboxylic acid groups (broad SMARTS) is 1.